The largest absolute Gasteiger partial charge is 0.490 e. The average Bonchev–Trinajstić information content (AvgIpc) is 2.33. The fraction of sp³-hybridized carbons (Fsp3) is 0.500. The van der Waals surface area contributed by atoms with Crippen molar-refractivity contribution in [2.75, 3.05) is 0 Å². The number of hydrogen-bond acceptors (Lipinski definition) is 2. The Morgan fingerprint density at radius 2 is 2.35 bits per heavy atom. The first-order valence-electron chi connectivity index (χ1n) is 6.00. The Hall–Kier alpha value is -1.20. The molecule has 3 atom stereocenters. The molecule has 0 bridgehead atoms. The molecule has 2 unspecified atom stereocenters. The molecule has 88 valence electrons. The number of nitriles is 1. The number of benzene rings is 1. The van der Waals surface area contributed by atoms with Crippen LogP contribution >= 0.6 is 11.6 Å². The van der Waals surface area contributed by atoms with Crippen molar-refractivity contribution in [1.29, 1.82) is 5.26 Å². The Balaban J connectivity index is 1.74. The lowest BCUT2D eigenvalue weighted by Crippen LogP contribution is -2.60. The minimum Gasteiger partial charge on any atom is -0.490 e. The third kappa shape index (κ3) is 1.53. The Morgan fingerprint density at radius 3 is 2.82 bits per heavy atom. The van der Waals surface area contributed by atoms with Gasteiger partial charge in [-0.25, -0.2) is 0 Å². The SMILES string of the molecule is CC12CCC1C[C@@H]2Oc1ccc(C#N)c(Cl)c1. The number of hydrogen-bond donors (Lipinski definition) is 0. The lowest BCUT2D eigenvalue weighted by Gasteiger charge is -2.61. The Bertz CT molecular complexity index is 507. The summed E-state index contributed by atoms with van der Waals surface area (Å²) in [6.07, 6.45) is 4.11. The van der Waals surface area contributed by atoms with Gasteiger partial charge in [0.15, 0.2) is 0 Å². The standard InChI is InChI=1S/C14H14ClNO/c1-14-5-4-10(14)6-13(14)17-11-3-2-9(8-16)12(15)7-11/h2-3,7,10,13H,4-6H2,1H3/t10?,13-,14?/m0/s1. The van der Waals surface area contributed by atoms with Gasteiger partial charge >= 0.3 is 0 Å². The molecule has 1 aromatic rings. The molecule has 0 spiro atoms. The quantitative estimate of drug-likeness (QED) is 0.797. The van der Waals surface area contributed by atoms with Gasteiger partial charge in [0, 0.05) is 11.5 Å². The maximum Gasteiger partial charge on any atom is 0.121 e. The van der Waals surface area contributed by atoms with Crippen LogP contribution in [0.3, 0.4) is 0 Å². The third-order valence-corrected chi connectivity index (χ3v) is 4.85. The summed E-state index contributed by atoms with van der Waals surface area (Å²) in [5.41, 5.74) is 0.890. The van der Waals surface area contributed by atoms with Gasteiger partial charge in [-0.15, -0.1) is 0 Å². The van der Waals surface area contributed by atoms with E-state index in [2.05, 4.69) is 13.0 Å². The van der Waals surface area contributed by atoms with E-state index in [4.69, 9.17) is 21.6 Å². The van der Waals surface area contributed by atoms with Gasteiger partial charge in [0.25, 0.3) is 0 Å². The number of nitrogens with zero attached hydrogens (tertiary/aromatic N) is 1. The van der Waals surface area contributed by atoms with Gasteiger partial charge in [-0.2, -0.15) is 5.26 Å². The van der Waals surface area contributed by atoms with Crippen molar-refractivity contribution in [3.63, 3.8) is 0 Å². The molecule has 3 rings (SSSR count). The van der Waals surface area contributed by atoms with Crippen molar-refractivity contribution >= 4 is 11.6 Å². The van der Waals surface area contributed by atoms with Crippen LogP contribution in [0, 0.1) is 22.7 Å². The fourth-order valence-corrected chi connectivity index (χ4v) is 3.20. The van der Waals surface area contributed by atoms with Crippen molar-refractivity contribution in [3.05, 3.63) is 28.8 Å². The molecule has 0 radical (unpaired) electrons. The van der Waals surface area contributed by atoms with Gasteiger partial charge in [-0.3, -0.25) is 0 Å². The molecule has 2 aliphatic rings. The van der Waals surface area contributed by atoms with Gasteiger partial charge in [-0.05, 0) is 37.3 Å². The molecule has 2 aliphatic carbocycles. The van der Waals surface area contributed by atoms with Crippen molar-refractivity contribution in [3.8, 4) is 11.8 Å². The van der Waals surface area contributed by atoms with Crippen LogP contribution in [0.4, 0.5) is 0 Å². The zero-order valence-electron chi connectivity index (χ0n) is 9.74. The topological polar surface area (TPSA) is 33.0 Å². The highest BCUT2D eigenvalue weighted by Crippen LogP contribution is 2.61. The Morgan fingerprint density at radius 1 is 1.53 bits per heavy atom. The summed E-state index contributed by atoms with van der Waals surface area (Å²) >= 11 is 5.99. The molecule has 0 N–H and O–H groups in total. The second-order valence-electron chi connectivity index (χ2n) is 5.34. The van der Waals surface area contributed by atoms with Gasteiger partial charge in [-0.1, -0.05) is 18.5 Å². The maximum absolute atomic E-state index is 8.80. The van der Waals surface area contributed by atoms with Crippen LogP contribution in [0.1, 0.15) is 31.7 Å². The third-order valence-electron chi connectivity index (χ3n) is 4.54. The van der Waals surface area contributed by atoms with E-state index in [9.17, 15) is 0 Å². The normalized spacial score (nSPS) is 33.9. The van der Waals surface area contributed by atoms with Crippen molar-refractivity contribution in [2.45, 2.75) is 32.3 Å². The molecule has 0 aliphatic heterocycles. The van der Waals surface area contributed by atoms with Gasteiger partial charge < -0.3 is 4.74 Å². The number of rotatable bonds is 2. The van der Waals surface area contributed by atoms with Crippen molar-refractivity contribution in [1.82, 2.24) is 0 Å². The number of fused-ring (bicyclic) bond motifs is 1. The Labute approximate surface area is 106 Å². The van der Waals surface area contributed by atoms with Gasteiger partial charge in [0.05, 0.1) is 10.6 Å². The van der Waals surface area contributed by atoms with Crippen LogP contribution in [-0.2, 0) is 0 Å². The number of ether oxygens (including phenoxy) is 1. The summed E-state index contributed by atoms with van der Waals surface area (Å²) < 4.78 is 5.97. The molecule has 0 saturated heterocycles. The zero-order valence-corrected chi connectivity index (χ0v) is 10.5. The fourth-order valence-electron chi connectivity index (χ4n) is 2.99. The van der Waals surface area contributed by atoms with E-state index in [-0.39, 0.29) is 0 Å². The first-order valence-corrected chi connectivity index (χ1v) is 6.37. The van der Waals surface area contributed by atoms with Crippen LogP contribution in [0.2, 0.25) is 5.02 Å². The summed E-state index contributed by atoms with van der Waals surface area (Å²) in [4.78, 5) is 0. The first kappa shape index (κ1) is 10.9. The Kier molecular flexibility index (Phi) is 2.34. The molecule has 2 fully saturated rings. The molecule has 3 heteroatoms. The van der Waals surface area contributed by atoms with E-state index < -0.39 is 0 Å². The van der Waals surface area contributed by atoms with Crippen molar-refractivity contribution < 1.29 is 4.74 Å². The minimum absolute atomic E-state index is 0.324. The monoisotopic (exact) mass is 247 g/mol. The van der Waals surface area contributed by atoms with E-state index in [1.54, 1.807) is 12.1 Å². The van der Waals surface area contributed by atoms with Crippen LogP contribution in [0.25, 0.3) is 0 Å². The highest BCUT2D eigenvalue weighted by Gasteiger charge is 2.58. The first-order chi connectivity index (χ1) is 8.13. The molecular formula is C14H14ClNO. The summed E-state index contributed by atoms with van der Waals surface area (Å²) in [5.74, 6) is 1.65. The average molecular weight is 248 g/mol. The van der Waals surface area contributed by atoms with Crippen LogP contribution in [0.5, 0.6) is 5.75 Å². The lowest BCUT2D eigenvalue weighted by atomic mass is 9.47. The molecule has 2 nitrogen and oxygen atoms in total. The van der Waals surface area contributed by atoms with Crippen LogP contribution in [0.15, 0.2) is 18.2 Å². The maximum atomic E-state index is 8.80. The van der Waals surface area contributed by atoms with Crippen molar-refractivity contribution in [2.24, 2.45) is 11.3 Å². The van der Waals surface area contributed by atoms with E-state index in [1.807, 2.05) is 6.07 Å². The molecule has 0 aromatic heterocycles. The predicted molar refractivity (Wildman–Crippen MR) is 66.0 cm³/mol. The molecule has 2 saturated carbocycles. The van der Waals surface area contributed by atoms with Crippen LogP contribution < -0.4 is 4.74 Å². The highest BCUT2D eigenvalue weighted by atomic mass is 35.5. The second-order valence-corrected chi connectivity index (χ2v) is 5.74. The zero-order chi connectivity index (χ0) is 12.0. The second kappa shape index (κ2) is 3.65. The summed E-state index contributed by atoms with van der Waals surface area (Å²) in [6, 6.07) is 7.35. The molecule has 1 aromatic carbocycles. The number of halogens is 1. The van der Waals surface area contributed by atoms with E-state index in [0.717, 1.165) is 18.1 Å². The van der Waals surface area contributed by atoms with E-state index in [1.165, 1.54) is 12.8 Å². The molecule has 0 heterocycles. The summed E-state index contributed by atoms with van der Waals surface area (Å²) in [7, 11) is 0. The lowest BCUT2D eigenvalue weighted by molar-refractivity contribution is -0.163. The molecule has 0 amide bonds. The smallest absolute Gasteiger partial charge is 0.121 e. The molecular weight excluding hydrogens is 234 g/mol. The van der Waals surface area contributed by atoms with Crippen LogP contribution in [-0.4, -0.2) is 6.10 Å². The minimum atomic E-state index is 0.324. The van der Waals surface area contributed by atoms with Gasteiger partial charge in [0.1, 0.15) is 17.9 Å². The van der Waals surface area contributed by atoms with Gasteiger partial charge in [0.2, 0.25) is 0 Å². The highest BCUT2D eigenvalue weighted by molar-refractivity contribution is 6.31. The predicted octanol–water partition coefficient (Wildman–Crippen LogP) is 3.78. The summed E-state index contributed by atoms with van der Waals surface area (Å²) in [5, 5.41) is 9.27. The molecule has 17 heavy (non-hydrogen) atoms. The van der Waals surface area contributed by atoms with E-state index in [0.29, 0.717) is 22.1 Å². The summed E-state index contributed by atoms with van der Waals surface area (Å²) in [6.45, 7) is 2.31. The van der Waals surface area contributed by atoms with E-state index >= 15 is 0 Å².